The summed E-state index contributed by atoms with van der Waals surface area (Å²) in [5.74, 6) is -2.84. The maximum atomic E-state index is 14.1. The topological polar surface area (TPSA) is 156 Å². The van der Waals surface area contributed by atoms with Crippen molar-refractivity contribution in [1.29, 1.82) is 0 Å². The summed E-state index contributed by atoms with van der Waals surface area (Å²) in [5.41, 5.74) is -0.653. The molecule has 0 aromatic heterocycles. The average molecular weight is 644 g/mol. The SMILES string of the molecule is CN(C)C(=O)Oc1ccc(C[C@@H](C(=O)OC(C)(C)C)N(C(=O)C2CS(=O)(=O)CCN2)S(=O)(=O)c2cccc(Cl)c2)cc1. The summed E-state index contributed by atoms with van der Waals surface area (Å²) in [5, 5.41) is 2.83. The van der Waals surface area contributed by atoms with Gasteiger partial charge in [0.2, 0.25) is 0 Å². The third-order valence-electron chi connectivity index (χ3n) is 5.98. The molecular formula is C27H34ClN3O9S2. The molecule has 230 valence electrons. The van der Waals surface area contributed by atoms with Crippen molar-refractivity contribution in [2.24, 2.45) is 0 Å². The molecule has 0 spiro atoms. The predicted molar refractivity (Wildman–Crippen MR) is 155 cm³/mol. The Morgan fingerprint density at radius 1 is 1.10 bits per heavy atom. The fourth-order valence-electron chi connectivity index (χ4n) is 4.02. The first-order chi connectivity index (χ1) is 19.4. The lowest BCUT2D eigenvalue weighted by Gasteiger charge is -2.35. The zero-order valence-corrected chi connectivity index (χ0v) is 26.3. The molecule has 3 rings (SSSR count). The molecule has 2 amide bonds. The Labute approximate surface area is 250 Å². The molecule has 2 aromatic rings. The number of hydrogen-bond acceptors (Lipinski definition) is 10. The molecule has 1 N–H and O–H groups in total. The van der Waals surface area contributed by atoms with E-state index in [4.69, 9.17) is 21.1 Å². The molecule has 1 unspecified atom stereocenters. The van der Waals surface area contributed by atoms with Gasteiger partial charge in [-0.05, 0) is 56.7 Å². The number of sulfone groups is 1. The van der Waals surface area contributed by atoms with Crippen LogP contribution < -0.4 is 10.1 Å². The number of nitrogens with one attached hydrogen (secondary N) is 1. The van der Waals surface area contributed by atoms with E-state index in [0.29, 0.717) is 9.87 Å². The van der Waals surface area contributed by atoms with Crippen molar-refractivity contribution in [1.82, 2.24) is 14.5 Å². The highest BCUT2D eigenvalue weighted by Gasteiger charge is 2.45. The highest BCUT2D eigenvalue weighted by Crippen LogP contribution is 2.27. The van der Waals surface area contributed by atoms with Gasteiger partial charge in [0.25, 0.3) is 15.9 Å². The van der Waals surface area contributed by atoms with Gasteiger partial charge in [0.15, 0.2) is 9.84 Å². The first kappa shape index (κ1) is 33.3. The lowest BCUT2D eigenvalue weighted by molar-refractivity contribution is -0.162. The second-order valence-electron chi connectivity index (χ2n) is 10.9. The van der Waals surface area contributed by atoms with Crippen LogP contribution in [0.5, 0.6) is 5.75 Å². The van der Waals surface area contributed by atoms with E-state index in [1.807, 2.05) is 0 Å². The van der Waals surface area contributed by atoms with Crippen LogP contribution in [0.3, 0.4) is 0 Å². The Balaban J connectivity index is 2.12. The summed E-state index contributed by atoms with van der Waals surface area (Å²) in [6.45, 7) is 4.68. The number of carbonyl (C=O) groups excluding carboxylic acids is 3. The van der Waals surface area contributed by atoms with Gasteiger partial charge in [-0.1, -0.05) is 29.8 Å². The van der Waals surface area contributed by atoms with Crippen molar-refractivity contribution < 1.29 is 40.7 Å². The number of esters is 1. The van der Waals surface area contributed by atoms with Gasteiger partial charge < -0.3 is 19.7 Å². The number of hydrogen-bond donors (Lipinski definition) is 1. The summed E-state index contributed by atoms with van der Waals surface area (Å²) in [7, 11) is -5.41. The van der Waals surface area contributed by atoms with Crippen LogP contribution in [0.4, 0.5) is 4.79 Å². The summed E-state index contributed by atoms with van der Waals surface area (Å²) in [6, 6.07) is 7.91. The molecule has 1 aliphatic rings. The van der Waals surface area contributed by atoms with Crippen molar-refractivity contribution >= 4 is 49.4 Å². The molecule has 0 radical (unpaired) electrons. The van der Waals surface area contributed by atoms with E-state index in [0.717, 1.165) is 6.07 Å². The number of halogens is 1. The first-order valence-electron chi connectivity index (χ1n) is 12.9. The molecule has 2 atom stereocenters. The van der Waals surface area contributed by atoms with Gasteiger partial charge in [-0.3, -0.25) is 4.79 Å². The van der Waals surface area contributed by atoms with Gasteiger partial charge in [0.1, 0.15) is 23.4 Å². The highest BCUT2D eigenvalue weighted by atomic mass is 35.5. The molecule has 1 heterocycles. The highest BCUT2D eigenvalue weighted by molar-refractivity contribution is 7.91. The molecule has 2 aromatic carbocycles. The van der Waals surface area contributed by atoms with Crippen LogP contribution in [-0.4, -0.2) is 93.8 Å². The Morgan fingerprint density at radius 3 is 2.29 bits per heavy atom. The largest absolute Gasteiger partial charge is 0.458 e. The number of ether oxygens (including phenoxy) is 2. The molecular weight excluding hydrogens is 610 g/mol. The fraction of sp³-hybridized carbons (Fsp3) is 0.444. The van der Waals surface area contributed by atoms with Crippen LogP contribution in [0.25, 0.3) is 0 Å². The Kier molecular flexibility index (Phi) is 10.3. The number of amides is 2. The van der Waals surface area contributed by atoms with Gasteiger partial charge in [0, 0.05) is 32.1 Å². The molecule has 1 saturated heterocycles. The number of carbonyl (C=O) groups is 3. The van der Waals surface area contributed by atoms with E-state index in [1.54, 1.807) is 20.8 Å². The quantitative estimate of drug-likeness (QED) is 0.423. The Morgan fingerprint density at radius 2 is 1.74 bits per heavy atom. The smallest absolute Gasteiger partial charge is 0.414 e. The van der Waals surface area contributed by atoms with Crippen LogP contribution in [0.1, 0.15) is 26.3 Å². The van der Waals surface area contributed by atoms with E-state index < -0.39 is 61.3 Å². The molecule has 42 heavy (non-hydrogen) atoms. The lowest BCUT2D eigenvalue weighted by Crippen LogP contribution is -2.60. The number of benzene rings is 2. The molecule has 1 aliphatic heterocycles. The second-order valence-corrected chi connectivity index (χ2v) is 15.4. The molecule has 0 bridgehead atoms. The third kappa shape index (κ3) is 8.66. The van der Waals surface area contributed by atoms with Gasteiger partial charge in [-0.2, -0.15) is 0 Å². The molecule has 15 heteroatoms. The summed E-state index contributed by atoms with van der Waals surface area (Å²) in [6.07, 6.45) is -0.948. The van der Waals surface area contributed by atoms with E-state index in [2.05, 4.69) is 5.32 Å². The lowest BCUT2D eigenvalue weighted by atomic mass is 10.0. The van der Waals surface area contributed by atoms with Crippen molar-refractivity contribution in [2.75, 3.05) is 32.1 Å². The maximum absolute atomic E-state index is 14.1. The monoisotopic (exact) mass is 643 g/mol. The van der Waals surface area contributed by atoms with Gasteiger partial charge in [-0.15, -0.1) is 0 Å². The van der Waals surface area contributed by atoms with Crippen LogP contribution >= 0.6 is 11.6 Å². The zero-order valence-electron chi connectivity index (χ0n) is 23.9. The van der Waals surface area contributed by atoms with Crippen LogP contribution in [0, 0.1) is 0 Å². The Bertz CT molecular complexity index is 1540. The normalized spacial score (nSPS) is 17.5. The van der Waals surface area contributed by atoms with E-state index in [9.17, 15) is 31.2 Å². The minimum Gasteiger partial charge on any atom is -0.458 e. The van der Waals surface area contributed by atoms with E-state index in [1.165, 1.54) is 61.5 Å². The van der Waals surface area contributed by atoms with Crippen LogP contribution in [0.2, 0.25) is 5.02 Å². The van der Waals surface area contributed by atoms with Crippen LogP contribution in [0.15, 0.2) is 53.4 Å². The predicted octanol–water partition coefficient (Wildman–Crippen LogP) is 2.26. The minimum atomic E-state index is -4.77. The molecule has 1 fully saturated rings. The summed E-state index contributed by atoms with van der Waals surface area (Å²) < 4.78 is 64.1. The maximum Gasteiger partial charge on any atom is 0.414 e. The molecule has 12 nitrogen and oxygen atoms in total. The van der Waals surface area contributed by atoms with E-state index in [-0.39, 0.29) is 34.4 Å². The van der Waals surface area contributed by atoms with Crippen LogP contribution in [-0.2, 0) is 40.6 Å². The average Bonchev–Trinajstić information content (AvgIpc) is 2.87. The second kappa shape index (κ2) is 13.0. The van der Waals surface area contributed by atoms with Gasteiger partial charge in [-0.25, -0.2) is 30.7 Å². The third-order valence-corrected chi connectivity index (χ3v) is 9.68. The molecule has 0 aliphatic carbocycles. The number of sulfonamides is 1. The standard InChI is InChI=1S/C27H34ClN3O9S2/c1-27(2,3)40-25(33)23(15-18-9-11-20(12-10-18)39-26(34)30(4)5)31(24(32)22-17-41(35,36)14-13-29-22)42(37,38)21-8-6-7-19(28)16-21/h6-12,16,22-23,29H,13-15,17H2,1-5H3/t22?,23-/m0/s1. The fourth-order valence-corrected chi connectivity index (χ4v) is 7.25. The Hall–Kier alpha value is -3.20. The number of rotatable bonds is 8. The van der Waals surface area contributed by atoms with Crippen molar-refractivity contribution in [3.05, 3.63) is 59.1 Å². The van der Waals surface area contributed by atoms with Gasteiger partial charge in [0.05, 0.1) is 16.4 Å². The zero-order chi connectivity index (χ0) is 31.5. The van der Waals surface area contributed by atoms with Crippen molar-refractivity contribution in [3.63, 3.8) is 0 Å². The first-order valence-corrected chi connectivity index (χ1v) is 16.5. The summed E-state index contributed by atoms with van der Waals surface area (Å²) in [4.78, 5) is 40.3. The van der Waals surface area contributed by atoms with Crippen molar-refractivity contribution in [3.8, 4) is 5.75 Å². The minimum absolute atomic E-state index is 0.0681. The molecule has 0 saturated carbocycles. The summed E-state index contributed by atoms with van der Waals surface area (Å²) >= 11 is 6.06. The van der Waals surface area contributed by atoms with E-state index >= 15 is 0 Å². The number of nitrogens with zero attached hydrogens (tertiary/aromatic N) is 2. The van der Waals surface area contributed by atoms with Gasteiger partial charge >= 0.3 is 12.1 Å². The van der Waals surface area contributed by atoms with Crippen molar-refractivity contribution in [2.45, 2.75) is 49.8 Å².